The number of hydrogen-bond donors (Lipinski definition) is 1. The highest BCUT2D eigenvalue weighted by atomic mass is 15.3. The summed E-state index contributed by atoms with van der Waals surface area (Å²) < 4.78 is 2.17. The van der Waals surface area contributed by atoms with Crippen LogP contribution in [-0.4, -0.2) is 64.3 Å². The highest BCUT2D eigenvalue weighted by Crippen LogP contribution is 2.21. The standard InChI is InChI=1S/C13H24N6/c1-17-7-9-18(10-8-17)6-5-13-16-15-12-4-2-3-11(14)19(12)13/h11H,2-10,14H2,1H3. The number of aromatic nitrogens is 3. The Balaban J connectivity index is 1.60. The summed E-state index contributed by atoms with van der Waals surface area (Å²) in [4.78, 5) is 4.89. The molecule has 6 nitrogen and oxygen atoms in total. The van der Waals surface area contributed by atoms with Crippen molar-refractivity contribution < 1.29 is 0 Å². The first-order chi connectivity index (χ1) is 9.24. The fourth-order valence-electron chi connectivity index (χ4n) is 3.01. The Morgan fingerprint density at radius 1 is 1.21 bits per heavy atom. The van der Waals surface area contributed by atoms with Crippen LogP contribution in [0.2, 0.25) is 0 Å². The van der Waals surface area contributed by atoms with E-state index in [1.807, 2.05) is 0 Å². The van der Waals surface area contributed by atoms with Gasteiger partial charge in [0.15, 0.2) is 0 Å². The van der Waals surface area contributed by atoms with Gasteiger partial charge in [0.2, 0.25) is 0 Å². The molecule has 1 unspecified atom stereocenters. The van der Waals surface area contributed by atoms with E-state index in [4.69, 9.17) is 5.73 Å². The molecule has 0 bridgehead atoms. The average Bonchev–Trinajstić information content (AvgIpc) is 2.83. The maximum absolute atomic E-state index is 6.18. The number of piperazine rings is 1. The van der Waals surface area contributed by atoms with Crippen LogP contribution in [0.15, 0.2) is 0 Å². The third-order valence-corrected chi connectivity index (χ3v) is 4.32. The number of fused-ring (bicyclic) bond motifs is 1. The molecular weight excluding hydrogens is 240 g/mol. The van der Waals surface area contributed by atoms with Gasteiger partial charge in [-0.3, -0.25) is 4.57 Å². The molecule has 1 aromatic rings. The van der Waals surface area contributed by atoms with E-state index in [0.29, 0.717) is 0 Å². The molecule has 0 spiro atoms. The average molecular weight is 264 g/mol. The molecule has 2 N–H and O–H groups in total. The minimum absolute atomic E-state index is 0.0845. The molecule has 106 valence electrons. The summed E-state index contributed by atoms with van der Waals surface area (Å²) in [5, 5.41) is 8.63. The molecule has 2 aliphatic rings. The molecular formula is C13H24N6. The summed E-state index contributed by atoms with van der Waals surface area (Å²) in [6.07, 6.45) is 4.26. The molecule has 0 aromatic carbocycles. The Kier molecular flexibility index (Phi) is 3.81. The van der Waals surface area contributed by atoms with Crippen molar-refractivity contribution in [1.82, 2.24) is 24.6 Å². The number of likely N-dealkylation sites (N-methyl/N-ethyl adjacent to an activating group) is 1. The lowest BCUT2D eigenvalue weighted by molar-refractivity contribution is 0.154. The topological polar surface area (TPSA) is 63.2 Å². The third kappa shape index (κ3) is 2.80. The predicted octanol–water partition coefficient (Wildman–Crippen LogP) is -0.138. The van der Waals surface area contributed by atoms with Gasteiger partial charge in [0.1, 0.15) is 11.6 Å². The maximum atomic E-state index is 6.18. The molecule has 1 fully saturated rings. The lowest BCUT2D eigenvalue weighted by atomic mass is 10.1. The minimum Gasteiger partial charge on any atom is -0.311 e. The van der Waals surface area contributed by atoms with Crippen molar-refractivity contribution in [1.29, 1.82) is 0 Å². The summed E-state index contributed by atoms with van der Waals surface area (Å²) in [5.74, 6) is 2.15. The summed E-state index contributed by atoms with van der Waals surface area (Å²) in [6, 6.07) is 0. The van der Waals surface area contributed by atoms with Crippen molar-refractivity contribution >= 4 is 0 Å². The number of nitrogens with zero attached hydrogens (tertiary/aromatic N) is 5. The first kappa shape index (κ1) is 13.0. The number of aryl methyl sites for hydroxylation is 1. The molecule has 1 saturated heterocycles. The van der Waals surface area contributed by atoms with E-state index in [0.717, 1.165) is 70.1 Å². The van der Waals surface area contributed by atoms with E-state index in [1.165, 1.54) is 0 Å². The SMILES string of the molecule is CN1CCN(CCc2nnc3n2C(N)CCC3)CC1. The first-order valence-corrected chi connectivity index (χ1v) is 7.33. The van der Waals surface area contributed by atoms with Crippen molar-refractivity contribution in [2.24, 2.45) is 5.73 Å². The normalized spacial score (nSPS) is 25.5. The van der Waals surface area contributed by atoms with E-state index in [1.54, 1.807) is 0 Å². The molecule has 0 radical (unpaired) electrons. The van der Waals surface area contributed by atoms with Gasteiger partial charge in [0.05, 0.1) is 6.17 Å². The fourth-order valence-corrected chi connectivity index (χ4v) is 3.01. The first-order valence-electron chi connectivity index (χ1n) is 7.33. The predicted molar refractivity (Wildman–Crippen MR) is 73.8 cm³/mol. The molecule has 0 aliphatic carbocycles. The van der Waals surface area contributed by atoms with Gasteiger partial charge in [-0.1, -0.05) is 0 Å². The molecule has 6 heteroatoms. The molecule has 2 aliphatic heterocycles. The number of rotatable bonds is 3. The summed E-state index contributed by atoms with van der Waals surface area (Å²) in [6.45, 7) is 5.71. The van der Waals surface area contributed by atoms with Crippen molar-refractivity contribution in [3.63, 3.8) is 0 Å². The van der Waals surface area contributed by atoms with E-state index in [9.17, 15) is 0 Å². The highest BCUT2D eigenvalue weighted by Gasteiger charge is 2.22. The molecule has 1 atom stereocenters. The second kappa shape index (κ2) is 5.56. The van der Waals surface area contributed by atoms with E-state index >= 15 is 0 Å². The zero-order valence-electron chi connectivity index (χ0n) is 11.8. The second-order valence-corrected chi connectivity index (χ2v) is 5.76. The van der Waals surface area contributed by atoms with Gasteiger partial charge in [0.25, 0.3) is 0 Å². The molecule has 3 heterocycles. The monoisotopic (exact) mass is 264 g/mol. The second-order valence-electron chi connectivity index (χ2n) is 5.76. The van der Waals surface area contributed by atoms with Crippen molar-refractivity contribution in [3.8, 4) is 0 Å². The van der Waals surface area contributed by atoms with Crippen LogP contribution >= 0.6 is 0 Å². The van der Waals surface area contributed by atoms with Crippen molar-refractivity contribution in [2.45, 2.75) is 31.8 Å². The lowest BCUT2D eigenvalue weighted by Crippen LogP contribution is -2.45. The van der Waals surface area contributed by atoms with Gasteiger partial charge < -0.3 is 15.5 Å². The van der Waals surface area contributed by atoms with Crippen LogP contribution in [0, 0.1) is 0 Å². The smallest absolute Gasteiger partial charge is 0.135 e. The molecule has 1 aromatic heterocycles. The lowest BCUT2D eigenvalue weighted by Gasteiger charge is -2.32. The Hall–Kier alpha value is -0.980. The summed E-state index contributed by atoms with van der Waals surface area (Å²) in [5.41, 5.74) is 6.18. The summed E-state index contributed by atoms with van der Waals surface area (Å²) in [7, 11) is 2.19. The van der Waals surface area contributed by atoms with Crippen molar-refractivity contribution in [3.05, 3.63) is 11.6 Å². The van der Waals surface area contributed by atoms with Crippen LogP contribution in [-0.2, 0) is 12.8 Å². The van der Waals surface area contributed by atoms with Crippen LogP contribution in [0.1, 0.15) is 30.7 Å². The van der Waals surface area contributed by atoms with Gasteiger partial charge in [-0.05, 0) is 19.9 Å². The van der Waals surface area contributed by atoms with E-state index in [2.05, 4.69) is 31.6 Å². The number of nitrogens with two attached hydrogens (primary N) is 1. The van der Waals surface area contributed by atoms with E-state index in [-0.39, 0.29) is 6.17 Å². The van der Waals surface area contributed by atoms with Crippen LogP contribution in [0.5, 0.6) is 0 Å². The van der Waals surface area contributed by atoms with Crippen molar-refractivity contribution in [2.75, 3.05) is 39.8 Å². The quantitative estimate of drug-likeness (QED) is 0.823. The zero-order chi connectivity index (χ0) is 13.2. The minimum atomic E-state index is 0.0845. The van der Waals surface area contributed by atoms with Crippen LogP contribution in [0.4, 0.5) is 0 Å². The Morgan fingerprint density at radius 2 is 2.00 bits per heavy atom. The Bertz CT molecular complexity index is 421. The number of hydrogen-bond acceptors (Lipinski definition) is 5. The van der Waals surface area contributed by atoms with Gasteiger partial charge in [-0.15, -0.1) is 10.2 Å². The molecule has 0 saturated carbocycles. The highest BCUT2D eigenvalue weighted by molar-refractivity contribution is 5.02. The van der Waals surface area contributed by atoms with Gasteiger partial charge in [0, 0.05) is 45.6 Å². The fraction of sp³-hybridized carbons (Fsp3) is 0.846. The van der Waals surface area contributed by atoms with Crippen LogP contribution in [0.3, 0.4) is 0 Å². The van der Waals surface area contributed by atoms with Gasteiger partial charge >= 0.3 is 0 Å². The van der Waals surface area contributed by atoms with E-state index < -0.39 is 0 Å². The Labute approximate surface area is 114 Å². The van der Waals surface area contributed by atoms with Crippen LogP contribution in [0.25, 0.3) is 0 Å². The van der Waals surface area contributed by atoms with Gasteiger partial charge in [-0.25, -0.2) is 0 Å². The Morgan fingerprint density at radius 3 is 2.79 bits per heavy atom. The summed E-state index contributed by atoms with van der Waals surface area (Å²) >= 11 is 0. The molecule has 19 heavy (non-hydrogen) atoms. The zero-order valence-corrected chi connectivity index (χ0v) is 11.8. The maximum Gasteiger partial charge on any atom is 0.135 e. The largest absolute Gasteiger partial charge is 0.311 e. The van der Waals surface area contributed by atoms with Gasteiger partial charge in [-0.2, -0.15) is 0 Å². The molecule has 0 amide bonds. The molecule has 3 rings (SSSR count). The van der Waals surface area contributed by atoms with Crippen LogP contribution < -0.4 is 5.73 Å². The third-order valence-electron chi connectivity index (χ3n) is 4.32.